The summed E-state index contributed by atoms with van der Waals surface area (Å²) in [5.41, 5.74) is 7.90. The molecular formula is C16H26N2O. The van der Waals surface area contributed by atoms with Crippen LogP contribution in [-0.2, 0) is 11.3 Å². The molecule has 1 aromatic carbocycles. The molecule has 1 aromatic rings. The zero-order valence-electron chi connectivity index (χ0n) is 12.0. The predicted molar refractivity (Wildman–Crippen MR) is 80.0 cm³/mol. The molecule has 1 fully saturated rings. The lowest BCUT2D eigenvalue weighted by molar-refractivity contribution is 0.0963. The standard InChI is InChI=1S/C16H26N2O/c1-2-3-11-19-12-10-18(16-8-9-16)13-14-4-6-15(17)7-5-14/h4-7,16H,2-3,8-13,17H2,1H3. The Morgan fingerprint density at radius 2 is 1.95 bits per heavy atom. The predicted octanol–water partition coefficient (Wildman–Crippen LogP) is 3.05. The number of nitrogens with two attached hydrogens (primary N) is 1. The van der Waals surface area contributed by atoms with E-state index in [2.05, 4.69) is 24.0 Å². The van der Waals surface area contributed by atoms with Crippen molar-refractivity contribution in [1.82, 2.24) is 4.90 Å². The fourth-order valence-corrected chi connectivity index (χ4v) is 2.22. The summed E-state index contributed by atoms with van der Waals surface area (Å²) in [5, 5.41) is 0. The van der Waals surface area contributed by atoms with Crippen LogP contribution in [0.5, 0.6) is 0 Å². The number of anilines is 1. The normalized spacial score (nSPS) is 15.1. The van der Waals surface area contributed by atoms with E-state index in [1.807, 2.05) is 12.1 Å². The number of ether oxygens (including phenoxy) is 1. The smallest absolute Gasteiger partial charge is 0.0593 e. The number of benzene rings is 1. The van der Waals surface area contributed by atoms with Crippen LogP contribution in [0.3, 0.4) is 0 Å². The third-order valence-corrected chi connectivity index (χ3v) is 3.59. The van der Waals surface area contributed by atoms with Gasteiger partial charge in [-0.25, -0.2) is 0 Å². The lowest BCUT2D eigenvalue weighted by atomic mass is 10.2. The van der Waals surface area contributed by atoms with E-state index >= 15 is 0 Å². The van der Waals surface area contributed by atoms with Gasteiger partial charge in [-0.05, 0) is 37.0 Å². The van der Waals surface area contributed by atoms with Crippen LogP contribution >= 0.6 is 0 Å². The third kappa shape index (κ3) is 5.21. The van der Waals surface area contributed by atoms with E-state index in [0.29, 0.717) is 0 Å². The number of rotatable bonds is 9. The number of unbranched alkanes of at least 4 members (excludes halogenated alkanes) is 1. The number of hydrogen-bond acceptors (Lipinski definition) is 3. The first-order chi connectivity index (χ1) is 9.29. The van der Waals surface area contributed by atoms with Crippen LogP contribution < -0.4 is 5.73 Å². The SMILES string of the molecule is CCCCOCCN(Cc1ccc(N)cc1)C1CC1. The first-order valence-corrected chi connectivity index (χ1v) is 7.46. The van der Waals surface area contributed by atoms with E-state index in [9.17, 15) is 0 Å². The molecule has 3 heteroatoms. The Morgan fingerprint density at radius 1 is 1.21 bits per heavy atom. The van der Waals surface area contributed by atoms with E-state index in [4.69, 9.17) is 10.5 Å². The van der Waals surface area contributed by atoms with E-state index < -0.39 is 0 Å². The van der Waals surface area contributed by atoms with Crippen LogP contribution in [0.2, 0.25) is 0 Å². The van der Waals surface area contributed by atoms with Crippen molar-refractivity contribution in [3.8, 4) is 0 Å². The molecule has 19 heavy (non-hydrogen) atoms. The molecule has 0 spiro atoms. The highest BCUT2D eigenvalue weighted by molar-refractivity contribution is 5.39. The van der Waals surface area contributed by atoms with Gasteiger partial charge in [-0.15, -0.1) is 0 Å². The molecule has 1 aliphatic carbocycles. The number of nitrogens with zero attached hydrogens (tertiary/aromatic N) is 1. The Labute approximate surface area is 116 Å². The van der Waals surface area contributed by atoms with Crippen LogP contribution in [0, 0.1) is 0 Å². The largest absolute Gasteiger partial charge is 0.399 e. The van der Waals surface area contributed by atoms with Gasteiger partial charge >= 0.3 is 0 Å². The average Bonchev–Trinajstić information content (AvgIpc) is 3.24. The van der Waals surface area contributed by atoms with Crippen molar-refractivity contribution < 1.29 is 4.74 Å². The molecule has 2 N–H and O–H groups in total. The second-order valence-electron chi connectivity index (χ2n) is 5.41. The maximum Gasteiger partial charge on any atom is 0.0593 e. The summed E-state index contributed by atoms with van der Waals surface area (Å²) in [5.74, 6) is 0. The van der Waals surface area contributed by atoms with E-state index in [1.54, 1.807) is 0 Å². The van der Waals surface area contributed by atoms with Gasteiger partial charge in [0.2, 0.25) is 0 Å². The van der Waals surface area contributed by atoms with Crippen molar-refractivity contribution in [2.24, 2.45) is 0 Å². The Bertz CT molecular complexity index is 360. The van der Waals surface area contributed by atoms with Gasteiger partial charge < -0.3 is 10.5 Å². The molecule has 0 atom stereocenters. The van der Waals surface area contributed by atoms with E-state index in [-0.39, 0.29) is 0 Å². The van der Waals surface area contributed by atoms with Gasteiger partial charge in [0.15, 0.2) is 0 Å². The molecule has 0 radical (unpaired) electrons. The second kappa shape index (κ2) is 7.51. The summed E-state index contributed by atoms with van der Waals surface area (Å²) in [4.78, 5) is 2.54. The zero-order chi connectivity index (χ0) is 13.5. The van der Waals surface area contributed by atoms with Crippen molar-refractivity contribution in [3.63, 3.8) is 0 Å². The molecule has 2 rings (SSSR count). The average molecular weight is 262 g/mol. The molecule has 106 valence electrons. The second-order valence-corrected chi connectivity index (χ2v) is 5.41. The van der Waals surface area contributed by atoms with Gasteiger partial charge in [0.1, 0.15) is 0 Å². The molecule has 0 amide bonds. The maximum atomic E-state index is 5.72. The Balaban J connectivity index is 1.75. The minimum absolute atomic E-state index is 0.771. The Morgan fingerprint density at radius 3 is 2.58 bits per heavy atom. The highest BCUT2D eigenvalue weighted by Gasteiger charge is 2.28. The lowest BCUT2D eigenvalue weighted by Gasteiger charge is -2.22. The molecular weight excluding hydrogens is 236 g/mol. The van der Waals surface area contributed by atoms with Crippen LogP contribution in [0.15, 0.2) is 24.3 Å². The Hall–Kier alpha value is -1.06. The highest BCUT2D eigenvalue weighted by Crippen LogP contribution is 2.28. The number of nitrogen functional groups attached to an aromatic ring is 1. The fourth-order valence-electron chi connectivity index (χ4n) is 2.22. The van der Waals surface area contributed by atoms with Crippen molar-refractivity contribution in [2.75, 3.05) is 25.5 Å². The molecule has 1 saturated carbocycles. The lowest BCUT2D eigenvalue weighted by Crippen LogP contribution is -2.29. The summed E-state index contributed by atoms with van der Waals surface area (Å²) in [6.45, 7) is 6.00. The summed E-state index contributed by atoms with van der Waals surface area (Å²) in [7, 11) is 0. The molecule has 0 aliphatic heterocycles. The summed E-state index contributed by atoms with van der Waals surface area (Å²) < 4.78 is 5.68. The van der Waals surface area contributed by atoms with Crippen molar-refractivity contribution in [3.05, 3.63) is 29.8 Å². The van der Waals surface area contributed by atoms with Gasteiger partial charge in [0.05, 0.1) is 6.61 Å². The monoisotopic (exact) mass is 262 g/mol. The molecule has 0 heterocycles. The first kappa shape index (κ1) is 14.4. The quantitative estimate of drug-likeness (QED) is 0.549. The summed E-state index contributed by atoms with van der Waals surface area (Å²) >= 11 is 0. The van der Waals surface area contributed by atoms with Crippen LogP contribution in [0.1, 0.15) is 38.2 Å². The van der Waals surface area contributed by atoms with Gasteiger partial charge in [0, 0.05) is 31.4 Å². The minimum Gasteiger partial charge on any atom is -0.399 e. The molecule has 0 bridgehead atoms. The molecule has 1 aliphatic rings. The molecule has 0 aromatic heterocycles. The van der Waals surface area contributed by atoms with Gasteiger partial charge in [-0.3, -0.25) is 4.90 Å². The van der Waals surface area contributed by atoms with Crippen molar-refractivity contribution in [2.45, 2.75) is 45.2 Å². The molecule has 3 nitrogen and oxygen atoms in total. The van der Waals surface area contributed by atoms with Gasteiger partial charge in [-0.1, -0.05) is 25.5 Å². The topological polar surface area (TPSA) is 38.5 Å². The third-order valence-electron chi connectivity index (χ3n) is 3.59. The van der Waals surface area contributed by atoms with Crippen LogP contribution in [0.25, 0.3) is 0 Å². The Kier molecular flexibility index (Phi) is 5.67. The van der Waals surface area contributed by atoms with Crippen molar-refractivity contribution in [1.29, 1.82) is 0 Å². The van der Waals surface area contributed by atoms with Gasteiger partial charge in [-0.2, -0.15) is 0 Å². The minimum atomic E-state index is 0.771. The molecule has 0 saturated heterocycles. The first-order valence-electron chi connectivity index (χ1n) is 7.46. The summed E-state index contributed by atoms with van der Waals surface area (Å²) in [6, 6.07) is 8.99. The van der Waals surface area contributed by atoms with E-state index in [0.717, 1.165) is 38.0 Å². The van der Waals surface area contributed by atoms with Crippen LogP contribution in [0.4, 0.5) is 5.69 Å². The summed E-state index contributed by atoms with van der Waals surface area (Å²) in [6.07, 6.45) is 5.05. The van der Waals surface area contributed by atoms with Gasteiger partial charge in [0.25, 0.3) is 0 Å². The maximum absolute atomic E-state index is 5.72. The highest BCUT2D eigenvalue weighted by atomic mass is 16.5. The molecule has 0 unspecified atom stereocenters. The van der Waals surface area contributed by atoms with Crippen molar-refractivity contribution >= 4 is 5.69 Å². The number of hydrogen-bond donors (Lipinski definition) is 1. The van der Waals surface area contributed by atoms with Crippen LogP contribution in [-0.4, -0.2) is 30.7 Å². The van der Waals surface area contributed by atoms with E-state index in [1.165, 1.54) is 31.2 Å². The fraction of sp³-hybridized carbons (Fsp3) is 0.625. The zero-order valence-corrected chi connectivity index (χ0v) is 12.0.